The van der Waals surface area contributed by atoms with Crippen LogP contribution in [-0.4, -0.2) is 147 Å². The van der Waals surface area contributed by atoms with E-state index >= 15 is 8.78 Å². The van der Waals surface area contributed by atoms with E-state index in [1.165, 1.54) is 24.3 Å². The fraction of sp³-hybridized carbons (Fsp3) is 0.509. The van der Waals surface area contributed by atoms with Crippen LogP contribution in [-0.2, 0) is 14.3 Å². The van der Waals surface area contributed by atoms with Crippen molar-refractivity contribution in [3.8, 4) is 35.4 Å². The van der Waals surface area contributed by atoms with Gasteiger partial charge in [-0.3, -0.25) is 33.9 Å². The number of halogens is 2. The van der Waals surface area contributed by atoms with Gasteiger partial charge in [-0.1, -0.05) is 12.0 Å². The number of nitrogens with zero attached hydrogens (tertiary/aromatic N) is 9. The lowest BCUT2D eigenvalue weighted by molar-refractivity contribution is -0.135. The summed E-state index contributed by atoms with van der Waals surface area (Å²) in [4.78, 5) is 62.1. The molecule has 6 saturated heterocycles. The molecule has 17 nitrogen and oxygen atoms in total. The van der Waals surface area contributed by atoms with Crippen LogP contribution in [0.15, 0.2) is 53.5 Å². The smallest absolute Gasteiger partial charge is 0.330 e. The van der Waals surface area contributed by atoms with E-state index in [1.54, 1.807) is 15.3 Å². The number of benzene rings is 3. The molecule has 2 bridgehead atoms. The normalized spacial score (nSPS) is 24.1. The lowest BCUT2D eigenvalue weighted by Gasteiger charge is -2.38. The number of carbonyl (C=O) groups excluding carboxylic acids is 2. The first-order valence-electron chi connectivity index (χ1n) is 27.1. The summed E-state index contributed by atoms with van der Waals surface area (Å²) in [6, 6.07) is 11.5. The van der Waals surface area contributed by atoms with Crippen molar-refractivity contribution in [1.29, 1.82) is 0 Å². The molecule has 6 aromatic rings. The van der Waals surface area contributed by atoms with Crippen molar-refractivity contribution in [2.24, 2.45) is 5.92 Å². The molecular weight excluding hydrogens is 973 g/mol. The number of imidazole rings is 1. The first-order valence-corrected chi connectivity index (χ1v) is 27.1. The van der Waals surface area contributed by atoms with E-state index in [9.17, 15) is 19.5 Å². The number of likely N-dealkylation sites (N-methyl/N-ethyl adjacent to an activating group) is 1. The Morgan fingerprint density at radius 3 is 2.39 bits per heavy atom. The largest absolute Gasteiger partial charge is 0.508 e. The molecule has 76 heavy (non-hydrogen) atoms. The summed E-state index contributed by atoms with van der Waals surface area (Å²) in [5.41, 5.74) is 2.36. The van der Waals surface area contributed by atoms with E-state index in [0.29, 0.717) is 47.5 Å². The molecule has 0 aliphatic carbocycles. The number of rotatable bonds is 12. The molecule has 2 amide bonds. The summed E-state index contributed by atoms with van der Waals surface area (Å²) in [7, 11) is 2.07. The maximum absolute atomic E-state index is 17.2. The summed E-state index contributed by atoms with van der Waals surface area (Å²) in [5, 5.41) is 17.9. The molecule has 12 rings (SSSR count). The topological polar surface area (TPSA) is 175 Å². The number of terminal acetylenes is 1. The molecule has 6 aliphatic rings. The first-order chi connectivity index (χ1) is 36.8. The van der Waals surface area contributed by atoms with Crippen molar-refractivity contribution in [1.82, 2.24) is 44.5 Å². The molecule has 3 N–H and O–H groups in total. The lowest BCUT2D eigenvalue weighted by Crippen LogP contribution is -2.51. The highest BCUT2D eigenvalue weighted by Gasteiger charge is 2.37. The van der Waals surface area contributed by atoms with E-state index < -0.39 is 23.6 Å². The van der Waals surface area contributed by atoms with Gasteiger partial charge in [0.05, 0.1) is 34.2 Å². The van der Waals surface area contributed by atoms with Crippen molar-refractivity contribution >= 4 is 56.0 Å². The number of phenols is 1. The highest BCUT2D eigenvalue weighted by atomic mass is 19.1. The number of fused-ring (bicyclic) bond motifs is 5. The fourth-order valence-electron chi connectivity index (χ4n) is 13.1. The van der Waals surface area contributed by atoms with Crippen molar-refractivity contribution in [3.05, 3.63) is 76.3 Å². The number of hydrogen-bond acceptors (Lipinski definition) is 14. The molecule has 9 heterocycles. The van der Waals surface area contributed by atoms with Crippen LogP contribution >= 0.6 is 0 Å². The summed E-state index contributed by atoms with van der Waals surface area (Å²) in [6.07, 6.45) is 15.0. The van der Waals surface area contributed by atoms with Crippen LogP contribution in [0.4, 0.5) is 20.3 Å². The Morgan fingerprint density at radius 1 is 0.882 bits per heavy atom. The maximum Gasteiger partial charge on any atom is 0.330 e. The summed E-state index contributed by atoms with van der Waals surface area (Å²) >= 11 is 0. The number of ether oxygens (including phenoxy) is 2. The van der Waals surface area contributed by atoms with Gasteiger partial charge >= 0.3 is 11.7 Å². The molecule has 3 unspecified atom stereocenters. The zero-order valence-corrected chi connectivity index (χ0v) is 43.3. The number of phenolic OH excluding ortho intramolecular Hbond substituents is 1. The number of aromatic nitrogens is 5. The van der Waals surface area contributed by atoms with Crippen LogP contribution in [0, 0.1) is 29.9 Å². The molecule has 398 valence electrons. The lowest BCUT2D eigenvalue weighted by atomic mass is 9.94. The summed E-state index contributed by atoms with van der Waals surface area (Å²) in [6.45, 7) is 11.2. The molecule has 3 aromatic carbocycles. The van der Waals surface area contributed by atoms with Crippen molar-refractivity contribution in [2.75, 3.05) is 75.8 Å². The number of aromatic hydroxyl groups is 1. The van der Waals surface area contributed by atoms with Gasteiger partial charge in [0.25, 0.3) is 0 Å². The number of nitrogens with one attached hydrogen (secondary N) is 2. The van der Waals surface area contributed by atoms with Crippen LogP contribution in [0.2, 0.25) is 0 Å². The molecule has 19 heteroatoms. The third kappa shape index (κ3) is 9.40. The van der Waals surface area contributed by atoms with Gasteiger partial charge in [0.1, 0.15) is 41.2 Å². The number of piperidine rings is 3. The van der Waals surface area contributed by atoms with Crippen molar-refractivity contribution in [2.45, 2.75) is 114 Å². The number of anilines is 2. The minimum absolute atomic E-state index is 0.0135. The Kier molecular flexibility index (Phi) is 13.4. The van der Waals surface area contributed by atoms with Crippen molar-refractivity contribution in [3.63, 3.8) is 0 Å². The third-order valence-corrected chi connectivity index (χ3v) is 17.0. The summed E-state index contributed by atoms with van der Waals surface area (Å²) in [5.74, 6) is 1.28. The second-order valence-corrected chi connectivity index (χ2v) is 22.3. The van der Waals surface area contributed by atoms with Crippen LogP contribution in [0.25, 0.3) is 44.0 Å². The Labute approximate surface area is 439 Å². The van der Waals surface area contributed by atoms with Crippen LogP contribution in [0.5, 0.6) is 11.8 Å². The number of amides is 2. The number of pyridine rings is 1. The molecule has 3 aromatic heterocycles. The predicted molar refractivity (Wildman–Crippen MR) is 286 cm³/mol. The standard InChI is InChI=1S/C57H65F2N11O6/c1-5-42-45(58)10-6-34-22-39(71)25-43(50(34)42)52-51(59)53-44(26-60-52)54(68-28-35-7-8-36(29-68)61-35)64-56(63-53)75-31-38-23-41(30-65(38)4)76-40-16-18-66(19-17-40)27-33-14-20-67(21-15-33)37-9-11-46-48(24-37)69(32(2)3)57(74)70(46)47-12-13-49(72)62-55(47)73/h1,6,9-11,22,24-26,32-33,35-36,38,40-41,47,61,71H,7-8,12-21,23,27-31H2,2-4H3,(H,62,72,73)/t35?,36?,38-,41+,47?/m0/s1. The van der Waals surface area contributed by atoms with Gasteiger partial charge in [-0.15, -0.1) is 6.42 Å². The van der Waals surface area contributed by atoms with Crippen LogP contribution in [0.1, 0.15) is 89.3 Å². The molecule has 5 atom stereocenters. The average molecular weight is 1040 g/mol. The van der Waals surface area contributed by atoms with Crippen LogP contribution in [0.3, 0.4) is 0 Å². The Morgan fingerprint density at radius 2 is 1.66 bits per heavy atom. The van der Waals surface area contributed by atoms with E-state index in [4.69, 9.17) is 20.9 Å². The van der Waals surface area contributed by atoms with E-state index in [-0.39, 0.29) is 100 Å². The van der Waals surface area contributed by atoms with Gasteiger partial charge in [0.2, 0.25) is 11.8 Å². The van der Waals surface area contributed by atoms with Gasteiger partial charge in [-0.2, -0.15) is 9.97 Å². The molecule has 6 fully saturated rings. The monoisotopic (exact) mass is 1040 g/mol. The first kappa shape index (κ1) is 50.1. The summed E-state index contributed by atoms with van der Waals surface area (Å²) < 4.78 is 48.8. The minimum atomic E-state index is -0.750. The Hall–Kier alpha value is -6.72. The second kappa shape index (κ2) is 20.3. The van der Waals surface area contributed by atoms with E-state index in [1.807, 2.05) is 19.9 Å². The third-order valence-electron chi connectivity index (χ3n) is 17.0. The van der Waals surface area contributed by atoms with Gasteiger partial charge in [0, 0.05) is 106 Å². The highest BCUT2D eigenvalue weighted by Crippen LogP contribution is 2.40. The Balaban J connectivity index is 0.669. The van der Waals surface area contributed by atoms with Crippen molar-refractivity contribution < 1.29 is 33.0 Å². The minimum Gasteiger partial charge on any atom is -0.508 e. The quantitative estimate of drug-likeness (QED) is 0.0924. The van der Waals surface area contributed by atoms with Gasteiger partial charge < -0.3 is 34.6 Å². The number of likely N-dealkylation sites (tertiary alicyclic amines) is 2. The molecule has 6 aliphatic heterocycles. The van der Waals surface area contributed by atoms with E-state index in [2.05, 4.69) is 65.3 Å². The van der Waals surface area contributed by atoms with Gasteiger partial charge in [0.15, 0.2) is 5.82 Å². The zero-order chi connectivity index (χ0) is 52.5. The fourth-order valence-corrected chi connectivity index (χ4v) is 13.1. The van der Waals surface area contributed by atoms with Crippen LogP contribution < -0.4 is 30.9 Å². The number of carbonyl (C=O) groups is 2. The van der Waals surface area contributed by atoms with Gasteiger partial charge in [-0.05, 0) is 120 Å². The average Bonchev–Trinajstić information content (AvgIpc) is 4.14. The molecule has 0 saturated carbocycles. The molecule has 0 radical (unpaired) electrons. The zero-order valence-electron chi connectivity index (χ0n) is 43.3. The second-order valence-electron chi connectivity index (χ2n) is 22.3. The molecule has 0 spiro atoms. The van der Waals surface area contributed by atoms with Gasteiger partial charge in [-0.25, -0.2) is 13.6 Å². The Bertz CT molecular complexity index is 3350. The predicted octanol–water partition coefficient (Wildman–Crippen LogP) is 6.27. The molecular formula is C57H65F2N11O6. The maximum atomic E-state index is 17.2. The van der Waals surface area contributed by atoms with E-state index in [0.717, 1.165) is 95.4 Å². The SMILES string of the molecule is C#Cc1c(F)ccc2cc(O)cc(-c3ncc4c(N5CC6CCC(C5)N6)nc(OC[C@@H]5C[C@@H](OC6CCN(CC7CCN(c8ccc9c(c8)n(C(C)C)c(=O)n9C8CCC(=O)NC8=O)CC7)CC6)CN5C)nc4c3F)c12. The number of hydrogen-bond donors (Lipinski definition) is 3. The number of piperazine rings is 1. The number of imide groups is 1. The highest BCUT2D eigenvalue weighted by molar-refractivity contribution is 6.03.